The van der Waals surface area contributed by atoms with E-state index in [-0.39, 0.29) is 0 Å². The van der Waals surface area contributed by atoms with Crippen LogP contribution in [0, 0.1) is 11.8 Å². The lowest BCUT2D eigenvalue weighted by molar-refractivity contribution is 0.0949. The lowest BCUT2D eigenvalue weighted by atomic mass is 10.1. The van der Waals surface area contributed by atoms with Gasteiger partial charge in [-0.1, -0.05) is 6.92 Å². The predicted molar refractivity (Wildman–Crippen MR) is 50.8 cm³/mol. The van der Waals surface area contributed by atoms with Crippen LogP contribution in [0.4, 0.5) is 8.78 Å². The normalized spacial score (nSPS) is 12.4. The Hall–Kier alpha value is -0.620. The molecule has 1 N–H and O–H groups in total. The first-order valence-electron chi connectivity index (χ1n) is 4.63. The Labute approximate surface area is 78.9 Å². The summed E-state index contributed by atoms with van der Waals surface area (Å²) >= 11 is 0. The molecule has 0 rings (SSSR count). The molecule has 1 atom stereocenters. The molecule has 0 fully saturated rings. The molecule has 3 heteroatoms. The van der Waals surface area contributed by atoms with Crippen molar-refractivity contribution in [3.8, 4) is 11.8 Å². The summed E-state index contributed by atoms with van der Waals surface area (Å²) in [6.45, 7) is 4.33. The fourth-order valence-corrected chi connectivity index (χ4v) is 1.000. The average Bonchev–Trinajstić information content (AvgIpc) is 2.10. The van der Waals surface area contributed by atoms with Crippen molar-refractivity contribution in [2.24, 2.45) is 0 Å². The third-order valence-corrected chi connectivity index (χ3v) is 1.72. The quantitative estimate of drug-likeness (QED) is 0.633. The van der Waals surface area contributed by atoms with Crippen molar-refractivity contribution < 1.29 is 8.78 Å². The van der Waals surface area contributed by atoms with Gasteiger partial charge in [-0.25, -0.2) is 8.78 Å². The van der Waals surface area contributed by atoms with Crippen LogP contribution in [0.25, 0.3) is 0 Å². The first-order chi connectivity index (χ1) is 6.22. The van der Waals surface area contributed by atoms with Gasteiger partial charge in [0.2, 0.25) is 0 Å². The van der Waals surface area contributed by atoms with E-state index in [1.165, 1.54) is 0 Å². The minimum Gasteiger partial charge on any atom is -0.309 e. The van der Waals surface area contributed by atoms with Gasteiger partial charge in [-0.2, -0.15) is 0 Å². The van der Waals surface area contributed by atoms with Gasteiger partial charge in [0.1, 0.15) is 0 Å². The minimum absolute atomic E-state index is 0.429. The van der Waals surface area contributed by atoms with Crippen molar-refractivity contribution in [2.75, 3.05) is 6.54 Å². The zero-order valence-corrected chi connectivity index (χ0v) is 8.24. The molecule has 1 unspecified atom stereocenters. The summed E-state index contributed by atoms with van der Waals surface area (Å²) < 4.78 is 24.7. The zero-order chi connectivity index (χ0) is 10.1. The molecule has 0 aliphatic rings. The van der Waals surface area contributed by atoms with Crippen molar-refractivity contribution in [3.05, 3.63) is 0 Å². The molecule has 0 aliphatic carbocycles. The predicted octanol–water partition coefficient (Wildman–Crippen LogP) is 2.42. The molecule has 0 spiro atoms. The Morgan fingerprint density at radius 2 is 2.08 bits per heavy atom. The fraction of sp³-hybridized carbons (Fsp3) is 0.800. The van der Waals surface area contributed by atoms with Crippen LogP contribution < -0.4 is 5.32 Å². The summed E-state index contributed by atoms with van der Waals surface area (Å²) in [7, 11) is 0. The van der Waals surface area contributed by atoms with Gasteiger partial charge in [-0.05, 0) is 26.3 Å². The molecule has 0 saturated heterocycles. The lowest BCUT2D eigenvalue weighted by Crippen LogP contribution is -2.35. The van der Waals surface area contributed by atoms with Crippen LogP contribution >= 0.6 is 0 Å². The van der Waals surface area contributed by atoms with Crippen LogP contribution in [-0.4, -0.2) is 19.0 Å². The molecule has 0 saturated carbocycles. The van der Waals surface area contributed by atoms with Crippen molar-refractivity contribution >= 4 is 0 Å². The third kappa shape index (κ3) is 6.53. The van der Waals surface area contributed by atoms with Crippen molar-refractivity contribution in [3.63, 3.8) is 0 Å². The van der Waals surface area contributed by atoms with Gasteiger partial charge in [-0.15, -0.1) is 11.8 Å². The second kappa shape index (κ2) is 8.00. The van der Waals surface area contributed by atoms with Gasteiger partial charge >= 0.3 is 0 Å². The summed E-state index contributed by atoms with van der Waals surface area (Å²) in [4.78, 5) is 0. The van der Waals surface area contributed by atoms with Crippen molar-refractivity contribution in [2.45, 2.75) is 45.6 Å². The largest absolute Gasteiger partial charge is 0.309 e. The molecule has 0 aliphatic heterocycles. The van der Waals surface area contributed by atoms with Gasteiger partial charge < -0.3 is 5.32 Å². The minimum atomic E-state index is -2.29. The SMILES string of the molecule is CC#CCCC(NCCC)C(F)F. The summed E-state index contributed by atoms with van der Waals surface area (Å²) in [5.74, 6) is 5.48. The van der Waals surface area contributed by atoms with E-state index in [4.69, 9.17) is 0 Å². The Bertz CT molecular complexity index is 169. The van der Waals surface area contributed by atoms with Gasteiger partial charge in [0.05, 0.1) is 6.04 Å². The average molecular weight is 189 g/mol. The molecule has 0 radical (unpaired) electrons. The van der Waals surface area contributed by atoms with Crippen molar-refractivity contribution in [1.82, 2.24) is 5.32 Å². The molecular weight excluding hydrogens is 172 g/mol. The van der Waals surface area contributed by atoms with E-state index in [0.717, 1.165) is 6.42 Å². The molecule has 0 bridgehead atoms. The molecule has 0 aromatic rings. The van der Waals surface area contributed by atoms with Crippen LogP contribution in [-0.2, 0) is 0 Å². The number of hydrogen-bond donors (Lipinski definition) is 1. The molecule has 0 amide bonds. The molecule has 0 aromatic carbocycles. The van der Waals surface area contributed by atoms with E-state index in [1.54, 1.807) is 6.92 Å². The van der Waals surface area contributed by atoms with E-state index in [0.29, 0.717) is 19.4 Å². The molecule has 76 valence electrons. The van der Waals surface area contributed by atoms with Crippen LogP contribution in [0.15, 0.2) is 0 Å². The Morgan fingerprint density at radius 1 is 1.38 bits per heavy atom. The summed E-state index contributed by atoms with van der Waals surface area (Å²) in [5.41, 5.74) is 0. The maximum Gasteiger partial charge on any atom is 0.253 e. The summed E-state index contributed by atoms with van der Waals surface area (Å²) in [6, 6.07) is -0.694. The molecule has 13 heavy (non-hydrogen) atoms. The lowest BCUT2D eigenvalue weighted by Gasteiger charge is -2.15. The maximum absolute atomic E-state index is 12.3. The number of nitrogens with one attached hydrogen (secondary N) is 1. The highest BCUT2D eigenvalue weighted by atomic mass is 19.3. The topological polar surface area (TPSA) is 12.0 Å². The smallest absolute Gasteiger partial charge is 0.253 e. The third-order valence-electron chi connectivity index (χ3n) is 1.72. The Kier molecular flexibility index (Phi) is 7.62. The van der Waals surface area contributed by atoms with Gasteiger partial charge in [-0.3, -0.25) is 0 Å². The van der Waals surface area contributed by atoms with E-state index >= 15 is 0 Å². The fourth-order valence-electron chi connectivity index (χ4n) is 1.000. The standard InChI is InChI=1S/C10H17F2N/c1-3-5-6-7-9(10(11)12)13-8-4-2/h9-10,13H,4,6-8H2,1-2H3. The zero-order valence-electron chi connectivity index (χ0n) is 8.24. The van der Waals surface area contributed by atoms with E-state index < -0.39 is 12.5 Å². The highest BCUT2D eigenvalue weighted by Gasteiger charge is 2.17. The van der Waals surface area contributed by atoms with E-state index in [1.807, 2.05) is 6.92 Å². The maximum atomic E-state index is 12.3. The number of alkyl halides is 2. The van der Waals surface area contributed by atoms with Crippen molar-refractivity contribution in [1.29, 1.82) is 0 Å². The Balaban J connectivity index is 3.71. The summed E-state index contributed by atoms with van der Waals surface area (Å²) in [6.07, 6.45) is -0.436. The van der Waals surface area contributed by atoms with Crippen LogP contribution in [0.5, 0.6) is 0 Å². The van der Waals surface area contributed by atoms with Gasteiger partial charge in [0.25, 0.3) is 6.43 Å². The molecule has 0 aromatic heterocycles. The first kappa shape index (κ1) is 12.4. The number of halogens is 2. The van der Waals surface area contributed by atoms with Gasteiger partial charge in [0, 0.05) is 6.42 Å². The second-order valence-electron chi connectivity index (χ2n) is 2.86. The van der Waals surface area contributed by atoms with Crippen LogP contribution in [0.1, 0.15) is 33.1 Å². The second-order valence-corrected chi connectivity index (χ2v) is 2.86. The first-order valence-corrected chi connectivity index (χ1v) is 4.63. The Morgan fingerprint density at radius 3 is 2.54 bits per heavy atom. The van der Waals surface area contributed by atoms with Crippen LogP contribution in [0.3, 0.4) is 0 Å². The highest BCUT2D eigenvalue weighted by molar-refractivity contribution is 4.95. The van der Waals surface area contributed by atoms with Gasteiger partial charge in [0.15, 0.2) is 0 Å². The molecule has 0 heterocycles. The highest BCUT2D eigenvalue weighted by Crippen LogP contribution is 2.07. The number of rotatable bonds is 6. The number of hydrogen-bond acceptors (Lipinski definition) is 1. The molecular formula is C10H17F2N. The molecule has 1 nitrogen and oxygen atoms in total. The summed E-state index contributed by atoms with van der Waals surface area (Å²) in [5, 5.41) is 2.81. The monoisotopic (exact) mass is 189 g/mol. The van der Waals surface area contributed by atoms with E-state index in [9.17, 15) is 8.78 Å². The van der Waals surface area contributed by atoms with Crippen LogP contribution in [0.2, 0.25) is 0 Å². The van der Waals surface area contributed by atoms with E-state index in [2.05, 4.69) is 17.2 Å².